The SMILES string of the molecule is CC(C)C1C(=O)NCCN1CC(=O)N(Cc1ccc(F)cc1)C1CCCCC1. The molecule has 1 aromatic rings. The maximum absolute atomic E-state index is 13.3. The van der Waals surface area contributed by atoms with Crippen LogP contribution in [0.3, 0.4) is 0 Å². The van der Waals surface area contributed by atoms with Crippen molar-refractivity contribution in [1.82, 2.24) is 15.1 Å². The van der Waals surface area contributed by atoms with Crippen LogP contribution in [0.15, 0.2) is 24.3 Å². The van der Waals surface area contributed by atoms with Crippen LogP contribution in [0.25, 0.3) is 0 Å². The molecule has 1 saturated heterocycles. The fraction of sp³-hybridized carbons (Fsp3) is 0.636. The minimum absolute atomic E-state index is 0.0109. The summed E-state index contributed by atoms with van der Waals surface area (Å²) in [4.78, 5) is 29.6. The summed E-state index contributed by atoms with van der Waals surface area (Å²) in [6.07, 6.45) is 5.52. The van der Waals surface area contributed by atoms with Crippen LogP contribution in [0.4, 0.5) is 4.39 Å². The van der Waals surface area contributed by atoms with Gasteiger partial charge in [-0.25, -0.2) is 4.39 Å². The van der Waals surface area contributed by atoms with E-state index in [0.717, 1.165) is 31.2 Å². The van der Waals surface area contributed by atoms with E-state index < -0.39 is 0 Å². The van der Waals surface area contributed by atoms with E-state index in [1.54, 1.807) is 12.1 Å². The smallest absolute Gasteiger partial charge is 0.237 e. The molecule has 3 rings (SSSR count). The van der Waals surface area contributed by atoms with Gasteiger partial charge in [-0.3, -0.25) is 14.5 Å². The number of amides is 2. The van der Waals surface area contributed by atoms with Gasteiger partial charge in [0.1, 0.15) is 5.82 Å². The molecule has 154 valence electrons. The second-order valence-electron chi connectivity index (χ2n) is 8.39. The molecular formula is C22H32FN3O2. The molecule has 1 heterocycles. The van der Waals surface area contributed by atoms with Gasteiger partial charge >= 0.3 is 0 Å². The standard InChI is InChI=1S/C22H32FN3O2/c1-16(2)21-22(28)24-12-13-25(21)15-20(27)26(19-6-4-3-5-7-19)14-17-8-10-18(23)11-9-17/h8-11,16,19,21H,3-7,12-15H2,1-2H3,(H,24,28). The zero-order valence-corrected chi connectivity index (χ0v) is 17.0. The second-order valence-corrected chi connectivity index (χ2v) is 8.39. The lowest BCUT2D eigenvalue weighted by Crippen LogP contribution is -2.59. The van der Waals surface area contributed by atoms with Gasteiger partial charge in [-0.1, -0.05) is 45.2 Å². The Hall–Kier alpha value is -1.95. The largest absolute Gasteiger partial charge is 0.353 e. The van der Waals surface area contributed by atoms with E-state index in [0.29, 0.717) is 19.6 Å². The molecule has 28 heavy (non-hydrogen) atoms. The molecule has 1 unspecified atom stereocenters. The minimum Gasteiger partial charge on any atom is -0.353 e. The van der Waals surface area contributed by atoms with E-state index in [2.05, 4.69) is 5.32 Å². The Morgan fingerprint density at radius 1 is 1.21 bits per heavy atom. The first-order valence-electron chi connectivity index (χ1n) is 10.5. The van der Waals surface area contributed by atoms with E-state index in [1.165, 1.54) is 18.6 Å². The fourth-order valence-corrected chi connectivity index (χ4v) is 4.50. The number of hydrogen-bond acceptors (Lipinski definition) is 3. The Morgan fingerprint density at radius 2 is 1.89 bits per heavy atom. The number of nitrogens with one attached hydrogen (secondary N) is 1. The van der Waals surface area contributed by atoms with E-state index in [-0.39, 0.29) is 42.2 Å². The number of carbonyl (C=O) groups is 2. The topological polar surface area (TPSA) is 52.7 Å². The first-order chi connectivity index (χ1) is 13.5. The van der Waals surface area contributed by atoms with Gasteiger partial charge in [0, 0.05) is 25.7 Å². The van der Waals surface area contributed by atoms with E-state index in [4.69, 9.17) is 0 Å². The van der Waals surface area contributed by atoms with Crippen molar-refractivity contribution in [1.29, 1.82) is 0 Å². The number of rotatable bonds is 6. The Balaban J connectivity index is 1.75. The number of halogens is 1. The van der Waals surface area contributed by atoms with Gasteiger partial charge in [0.15, 0.2) is 0 Å². The highest BCUT2D eigenvalue weighted by molar-refractivity contribution is 5.84. The molecule has 2 aliphatic rings. The van der Waals surface area contributed by atoms with Crippen molar-refractivity contribution in [2.45, 2.75) is 64.6 Å². The van der Waals surface area contributed by atoms with Crippen LogP contribution in [-0.4, -0.2) is 53.3 Å². The van der Waals surface area contributed by atoms with E-state index in [1.807, 2.05) is 23.6 Å². The Morgan fingerprint density at radius 3 is 2.54 bits per heavy atom. The van der Waals surface area contributed by atoms with Gasteiger partial charge < -0.3 is 10.2 Å². The van der Waals surface area contributed by atoms with Gasteiger partial charge in [-0.05, 0) is 36.5 Å². The molecule has 2 fully saturated rings. The highest BCUT2D eigenvalue weighted by Crippen LogP contribution is 2.25. The van der Waals surface area contributed by atoms with Gasteiger partial charge in [0.2, 0.25) is 11.8 Å². The number of nitrogens with zero attached hydrogens (tertiary/aromatic N) is 2. The molecule has 0 spiro atoms. The predicted octanol–water partition coefficient (Wildman–Crippen LogP) is 2.94. The Labute approximate surface area is 167 Å². The van der Waals surface area contributed by atoms with Crippen molar-refractivity contribution in [2.24, 2.45) is 5.92 Å². The third kappa shape index (κ3) is 5.10. The average molecular weight is 390 g/mol. The van der Waals surface area contributed by atoms with Crippen molar-refractivity contribution in [3.63, 3.8) is 0 Å². The maximum Gasteiger partial charge on any atom is 0.237 e. The second kappa shape index (κ2) is 9.50. The first-order valence-corrected chi connectivity index (χ1v) is 10.5. The van der Waals surface area contributed by atoms with Crippen molar-refractivity contribution < 1.29 is 14.0 Å². The van der Waals surface area contributed by atoms with Gasteiger partial charge in [0.05, 0.1) is 12.6 Å². The Bertz CT molecular complexity index is 671. The molecule has 5 nitrogen and oxygen atoms in total. The molecule has 0 bridgehead atoms. The van der Waals surface area contributed by atoms with Crippen LogP contribution in [0.2, 0.25) is 0 Å². The molecule has 1 atom stereocenters. The zero-order chi connectivity index (χ0) is 20.1. The first kappa shape index (κ1) is 20.8. The van der Waals surface area contributed by atoms with Crippen LogP contribution < -0.4 is 5.32 Å². The number of carbonyl (C=O) groups excluding carboxylic acids is 2. The lowest BCUT2D eigenvalue weighted by Gasteiger charge is -2.40. The molecular weight excluding hydrogens is 357 g/mol. The summed E-state index contributed by atoms with van der Waals surface area (Å²) in [7, 11) is 0. The molecule has 0 radical (unpaired) electrons. The van der Waals surface area contributed by atoms with E-state index >= 15 is 0 Å². The summed E-state index contributed by atoms with van der Waals surface area (Å²) in [5.41, 5.74) is 0.942. The van der Waals surface area contributed by atoms with Gasteiger partial charge in [0.25, 0.3) is 0 Å². The summed E-state index contributed by atoms with van der Waals surface area (Å²) >= 11 is 0. The molecule has 1 saturated carbocycles. The molecule has 2 amide bonds. The summed E-state index contributed by atoms with van der Waals surface area (Å²) in [5, 5.41) is 2.91. The average Bonchev–Trinajstić information content (AvgIpc) is 2.68. The van der Waals surface area contributed by atoms with Crippen molar-refractivity contribution in [3.05, 3.63) is 35.6 Å². The number of benzene rings is 1. The summed E-state index contributed by atoms with van der Waals surface area (Å²) in [6, 6.07) is 6.36. The van der Waals surface area contributed by atoms with Crippen LogP contribution in [0.1, 0.15) is 51.5 Å². The van der Waals surface area contributed by atoms with Crippen molar-refractivity contribution >= 4 is 11.8 Å². The Kier molecular flexibility index (Phi) is 7.05. The van der Waals surface area contributed by atoms with Gasteiger partial charge in [-0.15, -0.1) is 0 Å². The molecule has 1 N–H and O–H groups in total. The zero-order valence-electron chi connectivity index (χ0n) is 17.0. The lowest BCUT2D eigenvalue weighted by molar-refractivity contribution is -0.140. The maximum atomic E-state index is 13.3. The van der Waals surface area contributed by atoms with Crippen molar-refractivity contribution in [2.75, 3.05) is 19.6 Å². The monoisotopic (exact) mass is 389 g/mol. The molecule has 0 aromatic heterocycles. The quantitative estimate of drug-likeness (QED) is 0.814. The van der Waals surface area contributed by atoms with Gasteiger partial charge in [-0.2, -0.15) is 0 Å². The molecule has 6 heteroatoms. The third-order valence-electron chi connectivity index (χ3n) is 5.93. The van der Waals surface area contributed by atoms with Crippen LogP contribution >= 0.6 is 0 Å². The molecule has 1 aliphatic heterocycles. The van der Waals surface area contributed by atoms with Crippen LogP contribution in [0, 0.1) is 11.7 Å². The summed E-state index contributed by atoms with van der Waals surface area (Å²) < 4.78 is 13.3. The lowest BCUT2D eigenvalue weighted by atomic mass is 9.93. The van der Waals surface area contributed by atoms with Crippen molar-refractivity contribution in [3.8, 4) is 0 Å². The summed E-state index contributed by atoms with van der Waals surface area (Å²) in [6.45, 7) is 6.06. The highest BCUT2D eigenvalue weighted by Gasteiger charge is 2.35. The van der Waals surface area contributed by atoms with Crippen LogP contribution in [0.5, 0.6) is 0 Å². The highest BCUT2D eigenvalue weighted by atomic mass is 19.1. The fourth-order valence-electron chi connectivity index (χ4n) is 4.50. The van der Waals surface area contributed by atoms with E-state index in [9.17, 15) is 14.0 Å². The number of piperazine rings is 1. The minimum atomic E-state index is -0.267. The normalized spacial score (nSPS) is 21.6. The summed E-state index contributed by atoms with van der Waals surface area (Å²) in [5.74, 6) is -0.0416. The number of hydrogen-bond donors (Lipinski definition) is 1. The third-order valence-corrected chi connectivity index (χ3v) is 5.93. The molecule has 1 aromatic carbocycles. The van der Waals surface area contributed by atoms with Crippen LogP contribution in [-0.2, 0) is 16.1 Å². The predicted molar refractivity (Wildman–Crippen MR) is 107 cm³/mol. The molecule has 1 aliphatic carbocycles.